The minimum atomic E-state index is 0.00366. The lowest BCUT2D eigenvalue weighted by Crippen LogP contribution is -2.50. The first kappa shape index (κ1) is 19.5. The second-order valence-corrected chi connectivity index (χ2v) is 9.04. The molecule has 0 spiro atoms. The van der Waals surface area contributed by atoms with Gasteiger partial charge in [0.15, 0.2) is 0 Å². The fourth-order valence-electron chi connectivity index (χ4n) is 5.24. The van der Waals surface area contributed by atoms with E-state index in [2.05, 4.69) is 10.00 Å². The molecule has 28 heavy (non-hydrogen) atoms. The van der Waals surface area contributed by atoms with Crippen LogP contribution in [0.3, 0.4) is 0 Å². The quantitative estimate of drug-likeness (QED) is 0.782. The number of hydrogen-bond acceptors (Lipinski definition) is 3. The van der Waals surface area contributed by atoms with Crippen molar-refractivity contribution in [3.8, 4) is 0 Å². The van der Waals surface area contributed by atoms with E-state index in [-0.39, 0.29) is 17.7 Å². The molecule has 3 heterocycles. The number of carbonyl (C=O) groups is 2. The largest absolute Gasteiger partial charge is 0.342 e. The molecular weight excluding hydrogens is 352 g/mol. The molecule has 154 valence electrons. The summed E-state index contributed by atoms with van der Waals surface area (Å²) < 4.78 is 2.00. The summed E-state index contributed by atoms with van der Waals surface area (Å²) in [7, 11) is 0. The van der Waals surface area contributed by atoms with E-state index < -0.39 is 0 Å². The highest BCUT2D eigenvalue weighted by atomic mass is 16.2. The number of piperidine rings is 2. The molecule has 4 rings (SSSR count). The molecule has 0 N–H and O–H groups in total. The molecule has 1 atom stereocenters. The van der Waals surface area contributed by atoms with E-state index in [0.29, 0.717) is 24.8 Å². The Morgan fingerprint density at radius 2 is 1.75 bits per heavy atom. The number of carbonyl (C=O) groups excluding carboxylic acids is 2. The first-order valence-corrected chi connectivity index (χ1v) is 11.2. The van der Waals surface area contributed by atoms with Gasteiger partial charge in [-0.15, -0.1) is 0 Å². The SMILES string of the molecule is O=C1CCC(C(=O)N2CCC(Cn3cccn3)CC2)CN1CC1CCCCC1. The number of aromatic nitrogens is 2. The van der Waals surface area contributed by atoms with E-state index in [4.69, 9.17) is 0 Å². The Bertz CT molecular complexity index is 646. The van der Waals surface area contributed by atoms with Crippen LogP contribution in [0.4, 0.5) is 0 Å². The summed E-state index contributed by atoms with van der Waals surface area (Å²) in [6, 6.07) is 1.96. The molecule has 0 radical (unpaired) electrons. The van der Waals surface area contributed by atoms with Crippen LogP contribution in [0.5, 0.6) is 0 Å². The maximum Gasteiger partial charge on any atom is 0.227 e. The first-order chi connectivity index (χ1) is 13.7. The fourth-order valence-corrected chi connectivity index (χ4v) is 5.24. The third-order valence-corrected chi connectivity index (χ3v) is 6.98. The average Bonchev–Trinajstić information content (AvgIpc) is 3.24. The lowest BCUT2D eigenvalue weighted by molar-refractivity contribution is -0.144. The van der Waals surface area contributed by atoms with Crippen molar-refractivity contribution in [2.45, 2.75) is 64.3 Å². The van der Waals surface area contributed by atoms with E-state index in [0.717, 1.165) is 45.4 Å². The van der Waals surface area contributed by atoms with Crippen molar-refractivity contribution in [2.24, 2.45) is 17.8 Å². The number of hydrogen-bond donors (Lipinski definition) is 0. The third-order valence-electron chi connectivity index (χ3n) is 6.98. The number of likely N-dealkylation sites (tertiary alicyclic amines) is 2. The molecule has 2 saturated heterocycles. The minimum Gasteiger partial charge on any atom is -0.342 e. The molecular formula is C22H34N4O2. The molecule has 1 aromatic heterocycles. The maximum absolute atomic E-state index is 13.1. The van der Waals surface area contributed by atoms with Gasteiger partial charge in [-0.25, -0.2) is 0 Å². The van der Waals surface area contributed by atoms with Gasteiger partial charge in [0.1, 0.15) is 0 Å². The Hall–Kier alpha value is -1.85. The van der Waals surface area contributed by atoms with Crippen LogP contribution in [0.1, 0.15) is 57.8 Å². The monoisotopic (exact) mass is 386 g/mol. The van der Waals surface area contributed by atoms with Gasteiger partial charge in [-0.3, -0.25) is 14.3 Å². The molecule has 0 bridgehead atoms. The maximum atomic E-state index is 13.1. The third kappa shape index (κ3) is 4.76. The van der Waals surface area contributed by atoms with Crippen LogP contribution in [0.25, 0.3) is 0 Å². The van der Waals surface area contributed by atoms with Crippen molar-refractivity contribution >= 4 is 11.8 Å². The van der Waals surface area contributed by atoms with Crippen LogP contribution in [0, 0.1) is 17.8 Å². The van der Waals surface area contributed by atoms with Crippen LogP contribution in [-0.4, -0.2) is 57.6 Å². The predicted octanol–water partition coefficient (Wildman–Crippen LogP) is 2.94. The number of nitrogens with zero attached hydrogens (tertiary/aromatic N) is 4. The lowest BCUT2D eigenvalue weighted by Gasteiger charge is -2.39. The van der Waals surface area contributed by atoms with Crippen LogP contribution in [-0.2, 0) is 16.1 Å². The van der Waals surface area contributed by atoms with Gasteiger partial charge in [-0.2, -0.15) is 5.10 Å². The second-order valence-electron chi connectivity index (χ2n) is 9.04. The second kappa shape index (κ2) is 9.10. The van der Waals surface area contributed by atoms with Gasteiger partial charge in [0.25, 0.3) is 0 Å². The van der Waals surface area contributed by atoms with E-state index in [9.17, 15) is 9.59 Å². The van der Waals surface area contributed by atoms with Gasteiger partial charge in [0, 0.05) is 51.5 Å². The summed E-state index contributed by atoms with van der Waals surface area (Å²) in [5, 5.41) is 4.30. The Balaban J connectivity index is 1.26. The molecule has 1 unspecified atom stereocenters. The standard InChI is InChI=1S/C22H34N4O2/c27-21-8-7-20(17-25(21)15-18-5-2-1-3-6-18)22(28)24-13-9-19(10-14-24)16-26-12-4-11-23-26/h4,11-12,18-20H,1-3,5-10,13-17H2. The van der Waals surface area contributed by atoms with E-state index in [1.54, 1.807) is 0 Å². The van der Waals surface area contributed by atoms with Crippen molar-refractivity contribution in [3.05, 3.63) is 18.5 Å². The zero-order chi connectivity index (χ0) is 19.3. The summed E-state index contributed by atoms with van der Waals surface area (Å²) >= 11 is 0. The van der Waals surface area contributed by atoms with Crippen molar-refractivity contribution in [1.82, 2.24) is 19.6 Å². The van der Waals surface area contributed by atoms with Crippen LogP contribution < -0.4 is 0 Å². The van der Waals surface area contributed by atoms with Crippen molar-refractivity contribution < 1.29 is 9.59 Å². The Morgan fingerprint density at radius 3 is 2.46 bits per heavy atom. The van der Waals surface area contributed by atoms with Crippen molar-refractivity contribution in [1.29, 1.82) is 0 Å². The van der Waals surface area contributed by atoms with Gasteiger partial charge in [-0.1, -0.05) is 19.3 Å². The van der Waals surface area contributed by atoms with Gasteiger partial charge in [0.05, 0.1) is 5.92 Å². The number of amides is 2. The van der Waals surface area contributed by atoms with E-state index in [1.807, 2.05) is 28.0 Å². The Kier molecular flexibility index (Phi) is 6.33. The van der Waals surface area contributed by atoms with Gasteiger partial charge < -0.3 is 9.80 Å². The van der Waals surface area contributed by atoms with Crippen LogP contribution >= 0.6 is 0 Å². The highest BCUT2D eigenvalue weighted by Crippen LogP contribution is 2.28. The first-order valence-electron chi connectivity index (χ1n) is 11.2. The average molecular weight is 387 g/mol. The topological polar surface area (TPSA) is 58.4 Å². The highest BCUT2D eigenvalue weighted by Gasteiger charge is 2.35. The Labute approximate surface area is 168 Å². The summed E-state index contributed by atoms with van der Waals surface area (Å²) in [5.41, 5.74) is 0. The highest BCUT2D eigenvalue weighted by molar-refractivity contribution is 5.84. The molecule has 6 nitrogen and oxygen atoms in total. The zero-order valence-electron chi connectivity index (χ0n) is 17.0. The molecule has 1 saturated carbocycles. The molecule has 1 aromatic rings. The molecule has 6 heteroatoms. The normalized spacial score (nSPS) is 25.3. The van der Waals surface area contributed by atoms with Crippen molar-refractivity contribution in [3.63, 3.8) is 0 Å². The van der Waals surface area contributed by atoms with E-state index in [1.165, 1.54) is 32.1 Å². The minimum absolute atomic E-state index is 0.00366. The Morgan fingerprint density at radius 1 is 1.00 bits per heavy atom. The molecule has 0 aromatic carbocycles. The molecule has 3 aliphatic rings. The summed E-state index contributed by atoms with van der Waals surface area (Å²) in [6.45, 7) is 4.15. The van der Waals surface area contributed by atoms with E-state index >= 15 is 0 Å². The molecule has 3 fully saturated rings. The zero-order valence-corrected chi connectivity index (χ0v) is 17.0. The van der Waals surface area contributed by atoms with Crippen LogP contribution in [0.15, 0.2) is 18.5 Å². The fraction of sp³-hybridized carbons (Fsp3) is 0.773. The summed E-state index contributed by atoms with van der Waals surface area (Å²) in [6.07, 6.45) is 13.6. The smallest absolute Gasteiger partial charge is 0.227 e. The van der Waals surface area contributed by atoms with Gasteiger partial charge in [-0.05, 0) is 50.0 Å². The number of rotatable bonds is 5. The molecule has 2 aliphatic heterocycles. The lowest BCUT2D eigenvalue weighted by atomic mass is 9.87. The predicted molar refractivity (Wildman–Crippen MR) is 107 cm³/mol. The molecule has 2 amide bonds. The summed E-state index contributed by atoms with van der Waals surface area (Å²) in [5.74, 6) is 1.78. The van der Waals surface area contributed by atoms with Crippen molar-refractivity contribution in [2.75, 3.05) is 26.2 Å². The molecule has 1 aliphatic carbocycles. The summed E-state index contributed by atoms with van der Waals surface area (Å²) in [4.78, 5) is 29.6. The van der Waals surface area contributed by atoms with Gasteiger partial charge in [0.2, 0.25) is 11.8 Å². The van der Waals surface area contributed by atoms with Crippen LogP contribution in [0.2, 0.25) is 0 Å². The van der Waals surface area contributed by atoms with Gasteiger partial charge >= 0.3 is 0 Å².